The van der Waals surface area contributed by atoms with Crippen LogP contribution in [0.3, 0.4) is 0 Å². The fourth-order valence-corrected chi connectivity index (χ4v) is 1.95. The van der Waals surface area contributed by atoms with E-state index in [0.717, 1.165) is 12.3 Å². The number of ether oxygens (including phenoxy) is 1. The third-order valence-electron chi connectivity index (χ3n) is 3.50. The molecule has 0 radical (unpaired) electrons. The first-order valence-corrected chi connectivity index (χ1v) is 7.27. The van der Waals surface area contributed by atoms with Gasteiger partial charge in [-0.1, -0.05) is 65.2 Å². The summed E-state index contributed by atoms with van der Waals surface area (Å²) < 4.78 is 4.60. The van der Waals surface area contributed by atoms with Gasteiger partial charge in [0, 0.05) is 6.42 Å². The Morgan fingerprint density at radius 1 is 1.00 bits per heavy atom. The lowest BCUT2D eigenvalue weighted by Crippen LogP contribution is -1.99. The number of esters is 1. The van der Waals surface area contributed by atoms with Gasteiger partial charge < -0.3 is 4.74 Å². The van der Waals surface area contributed by atoms with Crippen LogP contribution < -0.4 is 0 Å². The molecular weight excluding hydrogens is 212 g/mol. The number of hydrogen-bond donors (Lipinski definition) is 0. The van der Waals surface area contributed by atoms with E-state index >= 15 is 0 Å². The topological polar surface area (TPSA) is 26.3 Å². The maximum Gasteiger partial charge on any atom is 0.305 e. The largest absolute Gasteiger partial charge is 0.469 e. The summed E-state index contributed by atoms with van der Waals surface area (Å²) in [5.41, 5.74) is 0. The van der Waals surface area contributed by atoms with Crippen molar-refractivity contribution in [2.75, 3.05) is 7.11 Å². The molecule has 0 unspecified atom stereocenters. The van der Waals surface area contributed by atoms with Gasteiger partial charge in [0.15, 0.2) is 0 Å². The smallest absolute Gasteiger partial charge is 0.305 e. The summed E-state index contributed by atoms with van der Waals surface area (Å²) in [5.74, 6) is 0.827. The highest BCUT2D eigenvalue weighted by Crippen LogP contribution is 2.14. The van der Waals surface area contributed by atoms with Crippen molar-refractivity contribution in [3.63, 3.8) is 0 Å². The Bertz CT molecular complexity index is 178. The van der Waals surface area contributed by atoms with Crippen LogP contribution in [0.1, 0.15) is 78.1 Å². The SMILES string of the molecule is CC[C@@H](C)CCCCCCCCCC(=O)OC. The number of hydrogen-bond acceptors (Lipinski definition) is 2. The molecule has 0 aliphatic heterocycles. The zero-order valence-corrected chi connectivity index (χ0v) is 12.0. The van der Waals surface area contributed by atoms with Crippen molar-refractivity contribution in [3.8, 4) is 0 Å². The normalized spacial score (nSPS) is 12.4. The van der Waals surface area contributed by atoms with Crippen LogP contribution in [0.5, 0.6) is 0 Å². The summed E-state index contributed by atoms with van der Waals surface area (Å²) in [5, 5.41) is 0. The summed E-state index contributed by atoms with van der Waals surface area (Å²) in [7, 11) is 1.46. The minimum absolute atomic E-state index is 0.0708. The van der Waals surface area contributed by atoms with Crippen molar-refractivity contribution in [1.82, 2.24) is 0 Å². The molecule has 0 spiro atoms. The van der Waals surface area contributed by atoms with E-state index in [9.17, 15) is 4.79 Å². The molecule has 0 saturated heterocycles. The molecule has 0 aromatic rings. The molecule has 0 aromatic carbocycles. The maximum absolute atomic E-state index is 10.9. The van der Waals surface area contributed by atoms with E-state index in [1.54, 1.807) is 0 Å². The van der Waals surface area contributed by atoms with Gasteiger partial charge in [0.1, 0.15) is 0 Å². The summed E-state index contributed by atoms with van der Waals surface area (Å²) in [6.07, 6.45) is 12.1. The molecule has 0 amide bonds. The van der Waals surface area contributed by atoms with Gasteiger partial charge in [0.25, 0.3) is 0 Å². The first-order valence-electron chi connectivity index (χ1n) is 7.27. The molecule has 0 N–H and O–H groups in total. The monoisotopic (exact) mass is 242 g/mol. The van der Waals surface area contributed by atoms with Gasteiger partial charge in [-0.25, -0.2) is 0 Å². The zero-order chi connectivity index (χ0) is 12.9. The highest BCUT2D eigenvalue weighted by Gasteiger charge is 2.00. The quantitative estimate of drug-likeness (QED) is 0.387. The zero-order valence-electron chi connectivity index (χ0n) is 12.0. The minimum atomic E-state index is -0.0708. The van der Waals surface area contributed by atoms with Gasteiger partial charge in [0.05, 0.1) is 7.11 Å². The summed E-state index contributed by atoms with van der Waals surface area (Å²) in [6.45, 7) is 4.61. The van der Waals surface area contributed by atoms with Crippen molar-refractivity contribution >= 4 is 5.97 Å². The van der Waals surface area contributed by atoms with E-state index in [2.05, 4.69) is 18.6 Å². The Labute approximate surface area is 107 Å². The van der Waals surface area contributed by atoms with E-state index in [0.29, 0.717) is 6.42 Å². The molecule has 0 fully saturated rings. The summed E-state index contributed by atoms with van der Waals surface area (Å²) in [4.78, 5) is 10.9. The summed E-state index contributed by atoms with van der Waals surface area (Å²) >= 11 is 0. The van der Waals surface area contributed by atoms with Crippen LogP contribution in [0.2, 0.25) is 0 Å². The third kappa shape index (κ3) is 11.7. The molecule has 1 atom stereocenters. The van der Waals surface area contributed by atoms with E-state index in [-0.39, 0.29) is 5.97 Å². The molecule has 2 nitrogen and oxygen atoms in total. The second kappa shape index (κ2) is 11.9. The van der Waals surface area contributed by atoms with Gasteiger partial charge in [0.2, 0.25) is 0 Å². The standard InChI is InChI=1S/C15H30O2/c1-4-14(2)12-10-8-6-5-7-9-11-13-15(16)17-3/h14H,4-13H2,1-3H3/t14-/m1/s1. The number of rotatable bonds is 11. The van der Waals surface area contributed by atoms with Gasteiger partial charge in [-0.3, -0.25) is 4.79 Å². The second-order valence-corrected chi connectivity index (χ2v) is 5.10. The van der Waals surface area contributed by atoms with Gasteiger partial charge >= 0.3 is 5.97 Å². The van der Waals surface area contributed by atoms with Gasteiger partial charge in [-0.05, 0) is 12.3 Å². The van der Waals surface area contributed by atoms with Gasteiger partial charge in [-0.2, -0.15) is 0 Å². The molecule has 0 saturated carbocycles. The first kappa shape index (κ1) is 16.5. The fraction of sp³-hybridized carbons (Fsp3) is 0.933. The fourth-order valence-electron chi connectivity index (χ4n) is 1.95. The minimum Gasteiger partial charge on any atom is -0.469 e. The van der Waals surface area contributed by atoms with Crippen LogP contribution in [0, 0.1) is 5.92 Å². The summed E-state index contributed by atoms with van der Waals surface area (Å²) in [6, 6.07) is 0. The van der Waals surface area contributed by atoms with E-state index in [1.165, 1.54) is 58.5 Å². The number of unbranched alkanes of at least 4 members (excludes halogenated alkanes) is 6. The van der Waals surface area contributed by atoms with E-state index in [1.807, 2.05) is 0 Å². The Morgan fingerprint density at radius 2 is 1.53 bits per heavy atom. The highest BCUT2D eigenvalue weighted by molar-refractivity contribution is 5.68. The van der Waals surface area contributed by atoms with Crippen molar-refractivity contribution in [2.24, 2.45) is 5.92 Å². The van der Waals surface area contributed by atoms with Gasteiger partial charge in [-0.15, -0.1) is 0 Å². The molecule has 2 heteroatoms. The van der Waals surface area contributed by atoms with Crippen molar-refractivity contribution in [2.45, 2.75) is 78.1 Å². The first-order chi connectivity index (χ1) is 8.20. The average Bonchev–Trinajstić information content (AvgIpc) is 2.35. The Kier molecular flexibility index (Phi) is 11.6. The molecule has 0 bridgehead atoms. The van der Waals surface area contributed by atoms with Crippen molar-refractivity contribution < 1.29 is 9.53 Å². The van der Waals surface area contributed by atoms with E-state index in [4.69, 9.17) is 0 Å². The van der Waals surface area contributed by atoms with Crippen molar-refractivity contribution in [3.05, 3.63) is 0 Å². The van der Waals surface area contributed by atoms with Crippen LogP contribution in [-0.2, 0) is 9.53 Å². The predicted octanol–water partition coefficient (Wildman–Crippen LogP) is 4.72. The number of carbonyl (C=O) groups excluding carboxylic acids is 1. The highest BCUT2D eigenvalue weighted by atomic mass is 16.5. The molecule has 0 aliphatic rings. The molecule has 0 aromatic heterocycles. The Hall–Kier alpha value is -0.530. The maximum atomic E-state index is 10.9. The van der Waals surface area contributed by atoms with Crippen LogP contribution in [0.25, 0.3) is 0 Å². The van der Waals surface area contributed by atoms with Crippen LogP contribution in [0.4, 0.5) is 0 Å². The van der Waals surface area contributed by atoms with Crippen LogP contribution in [-0.4, -0.2) is 13.1 Å². The van der Waals surface area contributed by atoms with Crippen LogP contribution >= 0.6 is 0 Å². The molecule has 0 rings (SSSR count). The molecule has 0 aliphatic carbocycles. The molecule has 0 heterocycles. The molecule has 17 heavy (non-hydrogen) atoms. The Balaban J connectivity index is 3.06. The molecule has 102 valence electrons. The lowest BCUT2D eigenvalue weighted by Gasteiger charge is -2.07. The lowest BCUT2D eigenvalue weighted by atomic mass is 10.00. The lowest BCUT2D eigenvalue weighted by molar-refractivity contribution is -0.140. The second-order valence-electron chi connectivity index (χ2n) is 5.10. The van der Waals surface area contributed by atoms with E-state index < -0.39 is 0 Å². The average molecular weight is 242 g/mol. The van der Waals surface area contributed by atoms with Crippen LogP contribution in [0.15, 0.2) is 0 Å². The third-order valence-corrected chi connectivity index (χ3v) is 3.50. The predicted molar refractivity (Wildman–Crippen MR) is 73.0 cm³/mol. The number of methoxy groups -OCH3 is 1. The van der Waals surface area contributed by atoms with Crippen molar-refractivity contribution in [1.29, 1.82) is 0 Å². The molecular formula is C15H30O2. The Morgan fingerprint density at radius 3 is 2.06 bits per heavy atom. The number of carbonyl (C=O) groups is 1.